The number of alkyl halides is 3. The molecule has 34 heavy (non-hydrogen) atoms. The van der Waals surface area contributed by atoms with Crippen molar-refractivity contribution in [2.75, 3.05) is 11.4 Å². The van der Waals surface area contributed by atoms with Crippen LogP contribution in [0.5, 0.6) is 0 Å². The Morgan fingerprint density at radius 1 is 1.09 bits per heavy atom. The molecule has 176 valence electrons. The molecule has 1 aliphatic heterocycles. The topological polar surface area (TPSA) is 77.0 Å². The number of hydrogen-bond donors (Lipinski definition) is 0. The third-order valence-corrected chi connectivity index (χ3v) is 5.70. The molecule has 5 rings (SSSR count). The molecule has 0 saturated heterocycles. The van der Waals surface area contributed by atoms with E-state index in [1.165, 1.54) is 17.0 Å². The van der Waals surface area contributed by atoms with Gasteiger partial charge in [0.25, 0.3) is 5.91 Å². The van der Waals surface area contributed by atoms with Crippen LogP contribution in [0, 0.1) is 6.92 Å². The highest BCUT2D eigenvalue weighted by Gasteiger charge is 2.36. The van der Waals surface area contributed by atoms with Gasteiger partial charge in [0.1, 0.15) is 11.4 Å². The van der Waals surface area contributed by atoms with Gasteiger partial charge in [0.15, 0.2) is 5.76 Å². The SMILES string of the molecule is Cc1ccncc1-c1cc(-c2cnn3c2C(=O)N(c2ccc(C(F)(F)F)cc2)C[C@@H]3C)on1.S. The van der Waals surface area contributed by atoms with Gasteiger partial charge in [-0.2, -0.15) is 31.8 Å². The fourth-order valence-electron chi connectivity index (χ4n) is 3.96. The predicted octanol–water partition coefficient (Wildman–Crippen LogP) is 5.26. The molecule has 0 radical (unpaired) electrons. The van der Waals surface area contributed by atoms with Gasteiger partial charge >= 0.3 is 6.18 Å². The third-order valence-electron chi connectivity index (χ3n) is 5.70. The fourth-order valence-corrected chi connectivity index (χ4v) is 3.96. The first-order chi connectivity index (χ1) is 15.7. The van der Waals surface area contributed by atoms with E-state index in [-0.39, 0.29) is 32.0 Å². The van der Waals surface area contributed by atoms with Crippen molar-refractivity contribution >= 4 is 25.1 Å². The Hall–Kier alpha value is -3.60. The maximum Gasteiger partial charge on any atom is 0.416 e. The lowest BCUT2D eigenvalue weighted by molar-refractivity contribution is -0.137. The quantitative estimate of drug-likeness (QED) is 0.394. The number of pyridine rings is 1. The van der Waals surface area contributed by atoms with Gasteiger partial charge in [-0.15, -0.1) is 0 Å². The average molecular weight is 488 g/mol. The van der Waals surface area contributed by atoms with Crippen molar-refractivity contribution in [3.63, 3.8) is 0 Å². The zero-order valence-corrected chi connectivity index (χ0v) is 19.2. The number of aromatic nitrogens is 4. The van der Waals surface area contributed by atoms with Gasteiger partial charge in [-0.1, -0.05) is 5.16 Å². The van der Waals surface area contributed by atoms with Gasteiger partial charge in [0, 0.05) is 36.3 Å². The van der Waals surface area contributed by atoms with E-state index in [4.69, 9.17) is 4.52 Å². The number of nitrogens with zero attached hydrogens (tertiary/aromatic N) is 5. The zero-order valence-electron chi connectivity index (χ0n) is 18.2. The summed E-state index contributed by atoms with van der Waals surface area (Å²) in [5, 5.41) is 8.48. The number of halogens is 3. The van der Waals surface area contributed by atoms with Crippen molar-refractivity contribution in [1.82, 2.24) is 19.9 Å². The summed E-state index contributed by atoms with van der Waals surface area (Å²) < 4.78 is 45.9. The van der Waals surface area contributed by atoms with E-state index in [1.807, 2.05) is 19.9 Å². The van der Waals surface area contributed by atoms with Gasteiger partial charge in [-0.05, 0) is 49.7 Å². The van der Waals surface area contributed by atoms with E-state index in [9.17, 15) is 18.0 Å². The summed E-state index contributed by atoms with van der Waals surface area (Å²) in [5.74, 6) is -0.0137. The van der Waals surface area contributed by atoms with E-state index in [2.05, 4.69) is 15.2 Å². The van der Waals surface area contributed by atoms with Gasteiger partial charge in [-0.25, -0.2) is 0 Å². The molecule has 0 N–H and O–H groups in total. The van der Waals surface area contributed by atoms with Gasteiger partial charge in [0.2, 0.25) is 0 Å². The van der Waals surface area contributed by atoms with E-state index < -0.39 is 11.7 Å². The van der Waals surface area contributed by atoms with Crippen molar-refractivity contribution in [2.24, 2.45) is 0 Å². The number of anilines is 1. The molecule has 11 heteroatoms. The van der Waals surface area contributed by atoms with Crippen LogP contribution in [0.3, 0.4) is 0 Å². The van der Waals surface area contributed by atoms with Gasteiger partial charge in [0.05, 0.1) is 23.4 Å². The van der Waals surface area contributed by atoms with Crippen LogP contribution in [0.2, 0.25) is 0 Å². The zero-order chi connectivity index (χ0) is 23.3. The molecular formula is C23H20F3N5O2S. The summed E-state index contributed by atoms with van der Waals surface area (Å²) in [6.45, 7) is 4.09. The molecule has 0 saturated carbocycles. The number of amides is 1. The maximum absolute atomic E-state index is 13.4. The number of carbonyl (C=O) groups excluding carboxylic acids is 1. The smallest absolute Gasteiger partial charge is 0.356 e. The minimum Gasteiger partial charge on any atom is -0.356 e. The second kappa shape index (κ2) is 8.64. The monoisotopic (exact) mass is 487 g/mol. The van der Waals surface area contributed by atoms with Crippen molar-refractivity contribution < 1.29 is 22.5 Å². The molecule has 7 nitrogen and oxygen atoms in total. The third kappa shape index (κ3) is 3.96. The Bertz CT molecular complexity index is 1350. The summed E-state index contributed by atoms with van der Waals surface area (Å²) in [4.78, 5) is 19.0. The van der Waals surface area contributed by atoms with Crippen LogP contribution in [-0.2, 0) is 6.18 Å². The number of rotatable bonds is 3. The summed E-state index contributed by atoms with van der Waals surface area (Å²) in [6, 6.07) is 7.93. The van der Waals surface area contributed by atoms with Crippen LogP contribution in [0.25, 0.3) is 22.6 Å². The molecule has 0 fully saturated rings. The molecule has 1 aromatic carbocycles. The molecule has 4 heterocycles. The molecule has 0 aliphatic carbocycles. The van der Waals surface area contributed by atoms with Crippen molar-refractivity contribution in [3.05, 3.63) is 71.8 Å². The van der Waals surface area contributed by atoms with Gasteiger partial charge in [-0.3, -0.25) is 14.5 Å². The highest BCUT2D eigenvalue weighted by Crippen LogP contribution is 2.36. The first kappa shape index (κ1) is 23.6. The number of benzene rings is 1. The van der Waals surface area contributed by atoms with Crippen LogP contribution in [-0.4, -0.2) is 32.4 Å². The van der Waals surface area contributed by atoms with Crippen molar-refractivity contribution in [1.29, 1.82) is 0 Å². The largest absolute Gasteiger partial charge is 0.416 e. The standard InChI is InChI=1S/C23H18F3N5O2.H2S/c1-13-7-8-27-10-17(13)19-9-20(33-29-19)18-11-28-31-14(2)12-30(22(32)21(18)31)16-5-3-15(4-6-16)23(24,25)26;/h3-11,14H,12H2,1-2H3;1H2/t14-;/m0./s1. The average Bonchev–Trinajstić information content (AvgIpc) is 3.44. The van der Waals surface area contributed by atoms with Crippen molar-refractivity contribution in [3.8, 4) is 22.6 Å². The molecule has 1 atom stereocenters. The first-order valence-electron chi connectivity index (χ1n) is 10.2. The lowest BCUT2D eigenvalue weighted by atomic mass is 10.1. The Morgan fingerprint density at radius 2 is 1.82 bits per heavy atom. The number of carbonyl (C=O) groups is 1. The highest BCUT2D eigenvalue weighted by atomic mass is 32.1. The van der Waals surface area contributed by atoms with E-state index in [0.717, 1.165) is 23.3 Å². The van der Waals surface area contributed by atoms with Crippen LogP contribution in [0.15, 0.2) is 59.5 Å². The molecular weight excluding hydrogens is 467 g/mol. The molecule has 4 aromatic rings. The predicted molar refractivity (Wildman–Crippen MR) is 124 cm³/mol. The molecule has 1 amide bonds. The Labute approximate surface area is 199 Å². The molecule has 3 aromatic heterocycles. The van der Waals surface area contributed by atoms with Crippen LogP contribution in [0.1, 0.15) is 34.6 Å². The Morgan fingerprint density at radius 3 is 2.50 bits per heavy atom. The highest BCUT2D eigenvalue weighted by molar-refractivity contribution is 7.59. The minimum atomic E-state index is -4.44. The van der Waals surface area contributed by atoms with Gasteiger partial charge < -0.3 is 9.42 Å². The Kier molecular flexibility index (Phi) is 5.98. The first-order valence-corrected chi connectivity index (χ1v) is 10.2. The molecule has 0 spiro atoms. The lowest BCUT2D eigenvalue weighted by Crippen LogP contribution is -2.42. The van der Waals surface area contributed by atoms with E-state index in [0.29, 0.717) is 28.4 Å². The summed E-state index contributed by atoms with van der Waals surface area (Å²) in [5.41, 5.74) is 2.71. The van der Waals surface area contributed by atoms with Crippen LogP contribution >= 0.6 is 13.5 Å². The fraction of sp³-hybridized carbons (Fsp3) is 0.217. The molecule has 0 bridgehead atoms. The maximum atomic E-state index is 13.4. The second-order valence-corrected chi connectivity index (χ2v) is 7.93. The van der Waals surface area contributed by atoms with E-state index in [1.54, 1.807) is 29.3 Å². The van der Waals surface area contributed by atoms with Crippen LogP contribution < -0.4 is 4.90 Å². The van der Waals surface area contributed by atoms with Crippen molar-refractivity contribution in [2.45, 2.75) is 26.1 Å². The van der Waals surface area contributed by atoms with Crippen LogP contribution in [0.4, 0.5) is 18.9 Å². The summed E-state index contributed by atoms with van der Waals surface area (Å²) in [7, 11) is 0. The number of hydrogen-bond acceptors (Lipinski definition) is 5. The Balaban J connectivity index is 0.00000274. The number of fused-ring (bicyclic) bond motifs is 1. The summed E-state index contributed by atoms with van der Waals surface area (Å²) >= 11 is 0. The lowest BCUT2D eigenvalue weighted by Gasteiger charge is -2.32. The normalized spacial score (nSPS) is 15.7. The minimum absolute atomic E-state index is 0. The summed E-state index contributed by atoms with van der Waals surface area (Å²) in [6.07, 6.45) is 0.467. The second-order valence-electron chi connectivity index (χ2n) is 7.93. The number of aryl methyl sites for hydroxylation is 1. The molecule has 1 aliphatic rings. The molecule has 0 unspecified atom stereocenters. The van der Waals surface area contributed by atoms with E-state index >= 15 is 0 Å².